The van der Waals surface area contributed by atoms with Crippen LogP contribution < -0.4 is 0 Å². The molecule has 0 aliphatic carbocycles. The maximum Gasteiger partial charge on any atom is 0.504 e. The van der Waals surface area contributed by atoms with Crippen molar-refractivity contribution >= 4 is 24.1 Å². The van der Waals surface area contributed by atoms with Crippen molar-refractivity contribution in [1.29, 1.82) is 0 Å². The quantitative estimate of drug-likeness (QED) is 0.347. The number of aryl methyl sites for hydroxylation is 3. The first-order chi connectivity index (χ1) is 11.5. The number of hydrogen-bond donors (Lipinski definition) is 0. The Balaban J connectivity index is 2.76. The van der Waals surface area contributed by atoms with Crippen LogP contribution in [0.4, 0.5) is 0 Å². The average Bonchev–Trinajstić information content (AvgIpc) is 2.51. The number of rotatable bonds is 2. The van der Waals surface area contributed by atoms with Gasteiger partial charge in [-0.3, -0.25) is 0 Å². The Morgan fingerprint density at radius 3 is 1.84 bits per heavy atom. The molecule has 0 spiro atoms. The smallest absolute Gasteiger partial charge is 0.359 e. The van der Waals surface area contributed by atoms with Crippen LogP contribution in [-0.4, -0.2) is 26.0 Å². The third kappa shape index (κ3) is 3.28. The standard InChI is InChI=1S/C17H18N2O4S2/c1-11-5-9-15(10-6-11)24(20,21)17(19-18)25(22,23)16-13(3)8-7-12(2)14(16)4/h5-10H,1-4H3. The summed E-state index contributed by atoms with van der Waals surface area (Å²) in [5, 5.41) is 0. The van der Waals surface area contributed by atoms with Crippen LogP contribution in [0.2, 0.25) is 0 Å². The molecule has 0 aromatic heterocycles. The van der Waals surface area contributed by atoms with Crippen LogP contribution in [-0.2, 0) is 19.7 Å². The van der Waals surface area contributed by atoms with Gasteiger partial charge in [-0.25, -0.2) is 16.8 Å². The lowest BCUT2D eigenvalue weighted by molar-refractivity contribution is 0.00379. The highest BCUT2D eigenvalue weighted by Gasteiger charge is 2.45. The van der Waals surface area contributed by atoms with Crippen LogP contribution in [0.25, 0.3) is 5.53 Å². The molecule has 2 aromatic carbocycles. The highest BCUT2D eigenvalue weighted by molar-refractivity contribution is 8.31. The summed E-state index contributed by atoms with van der Waals surface area (Å²) < 4.78 is 50.1. The highest BCUT2D eigenvalue weighted by Crippen LogP contribution is 2.27. The number of hydrogen-bond acceptors (Lipinski definition) is 4. The summed E-state index contributed by atoms with van der Waals surface area (Å²) in [7, 11) is -9.05. The van der Waals surface area contributed by atoms with E-state index in [1.165, 1.54) is 24.3 Å². The van der Waals surface area contributed by atoms with E-state index < -0.39 is 24.1 Å². The molecule has 0 amide bonds. The monoisotopic (exact) mass is 378 g/mol. The summed E-state index contributed by atoms with van der Waals surface area (Å²) >= 11 is 0. The molecular weight excluding hydrogens is 360 g/mol. The molecule has 2 rings (SSSR count). The maximum atomic E-state index is 13.0. The number of benzene rings is 2. The van der Waals surface area contributed by atoms with E-state index in [2.05, 4.69) is 4.79 Å². The Labute approximate surface area is 147 Å². The van der Waals surface area contributed by atoms with Crippen molar-refractivity contribution in [2.75, 3.05) is 0 Å². The molecule has 0 unspecified atom stereocenters. The summed E-state index contributed by atoms with van der Waals surface area (Å²) in [5.41, 5.74) is 11.6. The summed E-state index contributed by atoms with van der Waals surface area (Å²) in [5.74, 6) is 0. The van der Waals surface area contributed by atoms with Gasteiger partial charge >= 0.3 is 4.38 Å². The fourth-order valence-electron chi connectivity index (χ4n) is 2.50. The van der Waals surface area contributed by atoms with Crippen LogP contribution >= 0.6 is 0 Å². The Morgan fingerprint density at radius 2 is 1.32 bits per heavy atom. The largest absolute Gasteiger partial charge is 0.504 e. The van der Waals surface area contributed by atoms with Crippen LogP contribution in [0.15, 0.2) is 46.2 Å². The number of nitrogens with zero attached hydrogens (tertiary/aromatic N) is 2. The van der Waals surface area contributed by atoms with Crippen LogP contribution in [0.1, 0.15) is 22.3 Å². The van der Waals surface area contributed by atoms with Crippen molar-refractivity contribution in [3.63, 3.8) is 0 Å². The van der Waals surface area contributed by atoms with Crippen molar-refractivity contribution in [2.45, 2.75) is 37.5 Å². The maximum absolute atomic E-state index is 13.0. The lowest BCUT2D eigenvalue weighted by Crippen LogP contribution is -2.27. The normalized spacial score (nSPS) is 11.8. The van der Waals surface area contributed by atoms with Gasteiger partial charge in [-0.2, -0.15) is 0 Å². The van der Waals surface area contributed by atoms with Crippen molar-refractivity contribution in [3.05, 3.63) is 64.2 Å². The van der Waals surface area contributed by atoms with E-state index in [9.17, 15) is 22.4 Å². The van der Waals surface area contributed by atoms with Crippen molar-refractivity contribution in [2.24, 2.45) is 0 Å². The molecule has 6 nitrogen and oxygen atoms in total. The predicted octanol–water partition coefficient (Wildman–Crippen LogP) is 2.75. The predicted molar refractivity (Wildman–Crippen MR) is 94.8 cm³/mol. The first-order valence-corrected chi connectivity index (χ1v) is 10.4. The minimum Gasteiger partial charge on any atom is -0.359 e. The summed E-state index contributed by atoms with van der Waals surface area (Å²) in [4.78, 5) is 2.25. The van der Waals surface area contributed by atoms with Gasteiger partial charge in [-0.1, -0.05) is 29.8 Å². The van der Waals surface area contributed by atoms with Gasteiger partial charge in [0.2, 0.25) is 0 Å². The Morgan fingerprint density at radius 1 is 0.800 bits per heavy atom. The second kappa shape index (κ2) is 6.55. The fourth-order valence-corrected chi connectivity index (χ4v) is 6.33. The molecule has 25 heavy (non-hydrogen) atoms. The minimum atomic E-state index is -4.54. The van der Waals surface area contributed by atoms with Gasteiger partial charge in [0.25, 0.3) is 19.7 Å². The molecule has 0 saturated heterocycles. The first kappa shape index (κ1) is 19.1. The average molecular weight is 378 g/mol. The van der Waals surface area contributed by atoms with Gasteiger partial charge in [0.05, 0.1) is 9.79 Å². The molecule has 0 fully saturated rings. The van der Waals surface area contributed by atoms with Crippen LogP contribution in [0, 0.1) is 27.7 Å². The van der Waals surface area contributed by atoms with Crippen molar-refractivity contribution < 1.29 is 21.6 Å². The van der Waals surface area contributed by atoms with E-state index in [0.717, 1.165) is 5.56 Å². The molecule has 0 aliphatic rings. The van der Waals surface area contributed by atoms with Gasteiger partial charge in [-0.05, 0) is 56.5 Å². The van der Waals surface area contributed by atoms with Gasteiger partial charge in [0.1, 0.15) is 0 Å². The first-order valence-electron chi connectivity index (χ1n) is 7.39. The van der Waals surface area contributed by atoms with E-state index in [1.807, 2.05) is 0 Å². The molecule has 8 heteroatoms. The minimum absolute atomic E-state index is 0.156. The summed E-state index contributed by atoms with van der Waals surface area (Å²) in [6, 6.07) is 8.97. The van der Waals surface area contributed by atoms with Gasteiger partial charge in [-0.15, -0.1) is 4.79 Å². The van der Waals surface area contributed by atoms with E-state index in [4.69, 9.17) is 0 Å². The van der Waals surface area contributed by atoms with Crippen LogP contribution in [0.5, 0.6) is 0 Å². The third-order valence-electron chi connectivity index (χ3n) is 4.02. The summed E-state index contributed by atoms with van der Waals surface area (Å²) in [6.07, 6.45) is 0. The molecule has 2 aromatic rings. The zero-order chi connectivity index (χ0) is 19.0. The molecule has 0 radical (unpaired) electrons. The second-order valence-electron chi connectivity index (χ2n) is 5.84. The molecule has 0 aliphatic heterocycles. The molecule has 0 atom stereocenters. The fraction of sp³-hybridized carbons (Fsp3) is 0.235. The van der Waals surface area contributed by atoms with Gasteiger partial charge in [0.15, 0.2) is 0 Å². The lowest BCUT2D eigenvalue weighted by Gasteiger charge is -2.11. The number of sulfone groups is 2. The second-order valence-corrected chi connectivity index (χ2v) is 9.76. The SMILES string of the molecule is Cc1ccc(S(=O)(=O)C(=[N+]=[N-])S(=O)(=O)c2c(C)ccc(C)c2C)cc1. The molecule has 0 bridgehead atoms. The Hall–Kier alpha value is -2.28. The molecule has 0 saturated carbocycles. The topological polar surface area (TPSA) is 105 Å². The van der Waals surface area contributed by atoms with E-state index in [1.54, 1.807) is 39.8 Å². The Bertz CT molecular complexity index is 1090. The van der Waals surface area contributed by atoms with E-state index in [0.29, 0.717) is 16.7 Å². The molecule has 0 N–H and O–H groups in total. The zero-order valence-corrected chi connectivity index (χ0v) is 15.9. The van der Waals surface area contributed by atoms with E-state index >= 15 is 0 Å². The Kier molecular flexibility index (Phi) is 4.99. The van der Waals surface area contributed by atoms with Gasteiger partial charge < -0.3 is 5.53 Å². The van der Waals surface area contributed by atoms with Crippen molar-refractivity contribution in [1.82, 2.24) is 0 Å². The third-order valence-corrected chi connectivity index (χ3v) is 8.47. The lowest BCUT2D eigenvalue weighted by atomic mass is 10.1. The zero-order valence-electron chi connectivity index (χ0n) is 14.3. The van der Waals surface area contributed by atoms with Gasteiger partial charge in [0, 0.05) is 0 Å². The van der Waals surface area contributed by atoms with Crippen molar-refractivity contribution in [3.8, 4) is 0 Å². The molecular formula is C17H18N2O4S2. The summed E-state index contributed by atoms with van der Waals surface area (Å²) in [6.45, 7) is 6.64. The van der Waals surface area contributed by atoms with E-state index in [-0.39, 0.29) is 9.79 Å². The van der Waals surface area contributed by atoms with Crippen LogP contribution in [0.3, 0.4) is 0 Å². The molecule has 132 valence electrons. The molecule has 0 heterocycles. The highest BCUT2D eigenvalue weighted by atomic mass is 32.3.